The highest BCUT2D eigenvalue weighted by molar-refractivity contribution is 6.39. The summed E-state index contributed by atoms with van der Waals surface area (Å²) in [5, 5.41) is -1.27. The van der Waals surface area contributed by atoms with E-state index in [1.165, 1.54) is 0 Å². The fraction of sp³-hybridized carbons (Fsp3) is 1.00. The lowest BCUT2D eigenvalue weighted by molar-refractivity contribution is 0.734. The van der Waals surface area contributed by atoms with Crippen molar-refractivity contribution in [3.8, 4) is 0 Å². The van der Waals surface area contributed by atoms with E-state index in [0.29, 0.717) is 0 Å². The van der Waals surface area contributed by atoms with E-state index < -0.39 is 0 Å². The summed E-state index contributed by atoms with van der Waals surface area (Å²) in [6.07, 6.45) is 0. The predicted octanol–water partition coefficient (Wildman–Crippen LogP) is 3.67. The summed E-state index contributed by atoms with van der Waals surface area (Å²) in [5.41, 5.74) is 0. The third-order valence-electron chi connectivity index (χ3n) is 1.24. The number of rotatable bonds is 4. The fourth-order valence-corrected chi connectivity index (χ4v) is 1.77. The Morgan fingerprint density at radius 3 is 1.73 bits per heavy atom. The number of hydrogen-bond donors (Lipinski definition) is 0. The fourth-order valence-electron chi connectivity index (χ4n) is 0.538. The molecule has 0 nitrogen and oxygen atoms in total. The van der Waals surface area contributed by atoms with Crippen LogP contribution in [0.1, 0.15) is 6.92 Å². The van der Waals surface area contributed by atoms with Crippen molar-refractivity contribution in [2.75, 3.05) is 5.88 Å². The molecule has 0 aromatic carbocycles. The van der Waals surface area contributed by atoms with Crippen molar-refractivity contribution in [1.82, 2.24) is 0 Å². The second kappa shape index (κ2) is 5.99. The Morgan fingerprint density at radius 2 is 1.45 bits per heavy atom. The highest BCUT2D eigenvalue weighted by atomic mass is 35.5. The van der Waals surface area contributed by atoms with E-state index in [1.54, 1.807) is 6.92 Å². The van der Waals surface area contributed by atoms with Crippen LogP contribution in [0.15, 0.2) is 0 Å². The first-order valence-corrected chi connectivity index (χ1v) is 5.41. The molecule has 0 heterocycles. The third-order valence-corrected chi connectivity index (χ3v) is 4.04. The third kappa shape index (κ3) is 4.28. The first kappa shape index (κ1) is 12.4. The molecule has 0 fully saturated rings. The second-order valence-electron chi connectivity index (χ2n) is 2.24. The van der Waals surface area contributed by atoms with Crippen LogP contribution in [0.25, 0.3) is 0 Å². The van der Waals surface area contributed by atoms with Gasteiger partial charge >= 0.3 is 0 Å². The Labute approximate surface area is 92.1 Å². The van der Waals surface area contributed by atoms with Crippen LogP contribution in [0.2, 0.25) is 0 Å². The first-order valence-electron chi connectivity index (χ1n) is 3.13. The molecule has 0 aromatic rings. The lowest BCUT2D eigenvalue weighted by atomic mass is 10.2. The maximum absolute atomic E-state index is 5.84. The van der Waals surface area contributed by atoms with Gasteiger partial charge < -0.3 is 0 Å². The van der Waals surface area contributed by atoms with Gasteiger partial charge in [0.1, 0.15) is 0 Å². The van der Waals surface area contributed by atoms with Crippen molar-refractivity contribution < 1.29 is 0 Å². The first-order chi connectivity index (χ1) is 5.00. The molecular weight excluding hydrogens is 249 g/mol. The highest BCUT2D eigenvalue weighted by Crippen LogP contribution is 2.24. The van der Waals surface area contributed by atoms with Crippen molar-refractivity contribution in [2.24, 2.45) is 0 Å². The molecule has 0 bridgehead atoms. The summed E-state index contributed by atoms with van der Waals surface area (Å²) < 4.78 is 0. The molecule has 0 amide bonds. The maximum Gasteiger partial charge on any atom is 0.0689 e. The van der Waals surface area contributed by atoms with Crippen LogP contribution in [0.4, 0.5) is 0 Å². The van der Waals surface area contributed by atoms with Crippen molar-refractivity contribution in [2.45, 2.75) is 28.4 Å². The minimum Gasteiger partial charge on any atom is -0.125 e. The van der Waals surface area contributed by atoms with Crippen molar-refractivity contribution >= 4 is 58.0 Å². The molecule has 0 saturated heterocycles. The smallest absolute Gasteiger partial charge is 0.0689 e. The van der Waals surface area contributed by atoms with Crippen molar-refractivity contribution in [1.29, 1.82) is 0 Å². The number of hydrogen-bond acceptors (Lipinski definition) is 0. The minimum atomic E-state index is -0.386. The van der Waals surface area contributed by atoms with Crippen LogP contribution in [-0.4, -0.2) is 27.4 Å². The molecule has 0 aliphatic carbocycles. The van der Waals surface area contributed by atoms with Gasteiger partial charge in [0.25, 0.3) is 0 Å². The summed E-state index contributed by atoms with van der Waals surface area (Å²) in [7, 11) is 0. The standard InChI is InChI=1S/C6H9Cl5/c1-3(8)5(10)6(11)4(9)2-7/h3-6H,2H2,1H3. The van der Waals surface area contributed by atoms with E-state index in [9.17, 15) is 0 Å². The van der Waals surface area contributed by atoms with E-state index in [0.717, 1.165) is 0 Å². The number of halogens is 5. The van der Waals surface area contributed by atoms with Crippen LogP contribution in [0, 0.1) is 0 Å². The molecule has 0 aliphatic rings. The Kier molecular flexibility index (Phi) is 6.78. The molecule has 0 rings (SSSR count). The van der Waals surface area contributed by atoms with Gasteiger partial charge in [-0.25, -0.2) is 0 Å². The molecule has 0 aromatic heterocycles. The Morgan fingerprint density at radius 1 is 1.00 bits per heavy atom. The van der Waals surface area contributed by atoms with E-state index >= 15 is 0 Å². The van der Waals surface area contributed by atoms with Gasteiger partial charge in [0.2, 0.25) is 0 Å². The molecule has 4 atom stereocenters. The largest absolute Gasteiger partial charge is 0.125 e. The maximum atomic E-state index is 5.84. The molecule has 5 heteroatoms. The van der Waals surface area contributed by atoms with Gasteiger partial charge in [-0.05, 0) is 6.92 Å². The van der Waals surface area contributed by atoms with Crippen LogP contribution in [0.5, 0.6) is 0 Å². The molecule has 0 N–H and O–H groups in total. The predicted molar refractivity (Wildman–Crippen MR) is 55.0 cm³/mol. The molecule has 68 valence electrons. The average molecular weight is 258 g/mol. The Bertz CT molecular complexity index is 105. The molecule has 0 radical (unpaired) electrons. The van der Waals surface area contributed by atoms with Crippen molar-refractivity contribution in [3.05, 3.63) is 0 Å². The molecule has 11 heavy (non-hydrogen) atoms. The zero-order valence-corrected chi connectivity index (χ0v) is 9.69. The molecule has 4 unspecified atom stereocenters. The normalized spacial score (nSPS) is 22.4. The van der Waals surface area contributed by atoms with Gasteiger partial charge in [-0.2, -0.15) is 0 Å². The summed E-state index contributed by atoms with van der Waals surface area (Å²) in [4.78, 5) is 0. The monoisotopic (exact) mass is 256 g/mol. The van der Waals surface area contributed by atoms with Gasteiger partial charge in [0, 0.05) is 11.3 Å². The summed E-state index contributed by atoms with van der Waals surface area (Å²) in [5.74, 6) is 0.280. The Balaban J connectivity index is 3.90. The van der Waals surface area contributed by atoms with Gasteiger partial charge in [0.05, 0.1) is 16.1 Å². The van der Waals surface area contributed by atoms with Crippen LogP contribution in [-0.2, 0) is 0 Å². The summed E-state index contributed by atoms with van der Waals surface area (Å²) in [6.45, 7) is 1.77. The molecule has 0 aliphatic heterocycles. The van der Waals surface area contributed by atoms with E-state index in [2.05, 4.69) is 0 Å². The van der Waals surface area contributed by atoms with Crippen LogP contribution >= 0.6 is 58.0 Å². The lowest BCUT2D eigenvalue weighted by Crippen LogP contribution is -2.31. The van der Waals surface area contributed by atoms with E-state index in [-0.39, 0.29) is 27.4 Å². The van der Waals surface area contributed by atoms with Crippen LogP contribution < -0.4 is 0 Å². The average Bonchev–Trinajstić information content (AvgIpc) is 2.00. The van der Waals surface area contributed by atoms with E-state index in [1.807, 2.05) is 0 Å². The lowest BCUT2D eigenvalue weighted by Gasteiger charge is -2.20. The van der Waals surface area contributed by atoms with Gasteiger partial charge in [0.15, 0.2) is 0 Å². The van der Waals surface area contributed by atoms with Gasteiger partial charge in [-0.3, -0.25) is 0 Å². The van der Waals surface area contributed by atoms with Crippen LogP contribution in [0.3, 0.4) is 0 Å². The zero-order valence-electron chi connectivity index (χ0n) is 5.91. The minimum absolute atomic E-state index is 0.205. The Hall–Kier alpha value is 1.45. The zero-order chi connectivity index (χ0) is 9.02. The molecule has 0 saturated carbocycles. The molecular formula is C6H9Cl5. The van der Waals surface area contributed by atoms with Crippen molar-refractivity contribution in [3.63, 3.8) is 0 Å². The van der Waals surface area contributed by atoms with Gasteiger partial charge in [-0.15, -0.1) is 58.0 Å². The van der Waals surface area contributed by atoms with Gasteiger partial charge in [-0.1, -0.05) is 0 Å². The topological polar surface area (TPSA) is 0 Å². The molecule has 0 spiro atoms. The highest BCUT2D eigenvalue weighted by Gasteiger charge is 2.27. The summed E-state index contributed by atoms with van der Waals surface area (Å²) in [6, 6.07) is 0. The quantitative estimate of drug-likeness (QED) is 0.675. The summed E-state index contributed by atoms with van der Waals surface area (Å²) >= 11 is 28.6. The number of alkyl halides is 5. The SMILES string of the molecule is CC(Cl)C(Cl)C(Cl)C(Cl)CCl. The van der Waals surface area contributed by atoms with E-state index in [4.69, 9.17) is 58.0 Å². The second-order valence-corrected chi connectivity index (χ2v) is 4.80.